The Labute approximate surface area is 101 Å². The zero-order valence-electron chi connectivity index (χ0n) is 8.87. The van der Waals surface area contributed by atoms with Gasteiger partial charge < -0.3 is 5.32 Å². The molecule has 0 aromatic carbocycles. The Kier molecular flexibility index (Phi) is 2.19. The Morgan fingerprint density at radius 3 is 3.00 bits per heavy atom. The van der Waals surface area contributed by atoms with Crippen molar-refractivity contribution in [3.8, 4) is 0 Å². The molecule has 0 aliphatic heterocycles. The lowest BCUT2D eigenvalue weighted by atomic mass is 10.5. The largest absolute Gasteiger partial charge is 0.337 e. The summed E-state index contributed by atoms with van der Waals surface area (Å²) in [5.41, 5.74) is 0.839. The molecule has 0 aliphatic carbocycles. The number of aromatic nitrogens is 6. The lowest BCUT2D eigenvalue weighted by Crippen LogP contribution is -2.01. The highest BCUT2D eigenvalue weighted by atomic mass is 35.5. The third-order valence-corrected chi connectivity index (χ3v) is 2.39. The van der Waals surface area contributed by atoms with Gasteiger partial charge in [-0.3, -0.25) is 4.68 Å². The third-order valence-electron chi connectivity index (χ3n) is 2.20. The predicted molar refractivity (Wildman–Crippen MR) is 62.3 cm³/mol. The first-order chi connectivity index (χ1) is 8.22. The van der Waals surface area contributed by atoms with Crippen LogP contribution in [0.3, 0.4) is 0 Å². The maximum absolute atomic E-state index is 5.90. The van der Waals surface area contributed by atoms with Crippen molar-refractivity contribution in [2.24, 2.45) is 7.05 Å². The van der Waals surface area contributed by atoms with Crippen molar-refractivity contribution in [1.82, 2.24) is 29.4 Å². The van der Waals surface area contributed by atoms with Crippen molar-refractivity contribution in [2.75, 3.05) is 5.32 Å². The molecule has 0 atom stereocenters. The molecule has 3 aromatic rings. The number of halogens is 1. The van der Waals surface area contributed by atoms with Crippen molar-refractivity contribution in [1.29, 1.82) is 0 Å². The maximum Gasteiger partial charge on any atom is 0.255 e. The molecule has 0 spiro atoms. The van der Waals surface area contributed by atoms with Crippen LogP contribution in [0.25, 0.3) is 5.78 Å². The monoisotopic (exact) mass is 249 g/mol. The lowest BCUT2D eigenvalue weighted by Gasteiger charge is -2.05. The fraction of sp³-hybridized carbons (Fsp3) is 0.111. The minimum atomic E-state index is 0.358. The van der Waals surface area contributed by atoms with Crippen LogP contribution >= 0.6 is 11.6 Å². The molecular formula is C9H8ClN7. The van der Waals surface area contributed by atoms with Gasteiger partial charge in [0.15, 0.2) is 0 Å². The van der Waals surface area contributed by atoms with Gasteiger partial charge in [-0.05, 0) is 0 Å². The highest BCUT2D eigenvalue weighted by molar-refractivity contribution is 6.29. The number of hydrogen-bond acceptors (Lipinski definition) is 5. The van der Waals surface area contributed by atoms with Crippen LogP contribution in [-0.4, -0.2) is 29.4 Å². The number of rotatable bonds is 2. The summed E-state index contributed by atoms with van der Waals surface area (Å²) in [5, 5.41) is 11.6. The molecule has 3 aromatic heterocycles. The minimum absolute atomic E-state index is 0.358. The zero-order valence-corrected chi connectivity index (χ0v) is 9.63. The van der Waals surface area contributed by atoms with Gasteiger partial charge in [0.2, 0.25) is 0 Å². The summed E-state index contributed by atoms with van der Waals surface area (Å²) in [5.74, 6) is 1.13. The van der Waals surface area contributed by atoms with Crippen molar-refractivity contribution < 1.29 is 0 Å². The second-order valence-corrected chi connectivity index (χ2v) is 3.85. The highest BCUT2D eigenvalue weighted by Crippen LogP contribution is 2.18. The molecule has 0 saturated carbocycles. The number of nitrogens with one attached hydrogen (secondary N) is 1. The number of fused-ring (bicyclic) bond motifs is 1. The smallest absolute Gasteiger partial charge is 0.255 e. The van der Waals surface area contributed by atoms with Gasteiger partial charge in [0.05, 0.1) is 11.9 Å². The maximum atomic E-state index is 5.90. The SMILES string of the molecule is Cn1cc(Nc2cc(Cl)nc3ncnn23)cn1. The summed E-state index contributed by atoms with van der Waals surface area (Å²) < 4.78 is 3.27. The molecule has 3 heterocycles. The summed E-state index contributed by atoms with van der Waals surface area (Å²) in [4.78, 5) is 8.02. The first kappa shape index (κ1) is 10.0. The van der Waals surface area contributed by atoms with Gasteiger partial charge in [-0.2, -0.15) is 24.7 Å². The van der Waals surface area contributed by atoms with E-state index in [0.29, 0.717) is 16.7 Å². The van der Waals surface area contributed by atoms with Crippen LogP contribution in [-0.2, 0) is 7.05 Å². The summed E-state index contributed by atoms with van der Waals surface area (Å²) in [6.45, 7) is 0. The first-order valence-corrected chi connectivity index (χ1v) is 5.22. The zero-order chi connectivity index (χ0) is 11.8. The fourth-order valence-corrected chi connectivity index (χ4v) is 1.68. The van der Waals surface area contributed by atoms with Crippen molar-refractivity contribution in [3.05, 3.63) is 29.9 Å². The van der Waals surface area contributed by atoms with E-state index in [1.54, 1.807) is 21.5 Å². The number of hydrogen-bond donors (Lipinski definition) is 1. The van der Waals surface area contributed by atoms with Crippen LogP contribution < -0.4 is 5.32 Å². The molecule has 17 heavy (non-hydrogen) atoms. The molecule has 0 unspecified atom stereocenters. The predicted octanol–water partition coefficient (Wildman–Crippen LogP) is 1.25. The van der Waals surface area contributed by atoms with Gasteiger partial charge in [0.25, 0.3) is 5.78 Å². The average Bonchev–Trinajstić information content (AvgIpc) is 2.87. The molecule has 0 amide bonds. The normalized spacial score (nSPS) is 10.9. The molecule has 7 nitrogen and oxygen atoms in total. The number of aryl methyl sites for hydroxylation is 1. The van der Waals surface area contributed by atoms with Gasteiger partial charge in [0, 0.05) is 19.3 Å². The van der Waals surface area contributed by atoms with E-state index in [-0.39, 0.29) is 0 Å². The second-order valence-electron chi connectivity index (χ2n) is 3.46. The van der Waals surface area contributed by atoms with Gasteiger partial charge in [-0.15, -0.1) is 0 Å². The van der Waals surface area contributed by atoms with Crippen LogP contribution in [0.5, 0.6) is 0 Å². The van der Waals surface area contributed by atoms with E-state index in [9.17, 15) is 0 Å². The summed E-state index contributed by atoms with van der Waals surface area (Å²) in [6.07, 6.45) is 4.97. The third kappa shape index (κ3) is 1.80. The Morgan fingerprint density at radius 2 is 2.24 bits per heavy atom. The molecular weight excluding hydrogens is 242 g/mol. The molecule has 0 fully saturated rings. The van der Waals surface area contributed by atoms with E-state index in [2.05, 4.69) is 25.5 Å². The van der Waals surface area contributed by atoms with Crippen molar-refractivity contribution in [3.63, 3.8) is 0 Å². The summed E-state index contributed by atoms with van der Waals surface area (Å²) >= 11 is 5.90. The molecule has 0 saturated heterocycles. The van der Waals surface area contributed by atoms with Crippen molar-refractivity contribution >= 4 is 28.9 Å². The molecule has 86 valence electrons. The molecule has 0 radical (unpaired) electrons. The number of anilines is 2. The Hall–Kier alpha value is -2.15. The van der Waals surface area contributed by atoms with E-state index in [0.717, 1.165) is 5.69 Å². The molecule has 3 rings (SSSR count). The van der Waals surface area contributed by atoms with E-state index < -0.39 is 0 Å². The van der Waals surface area contributed by atoms with Crippen molar-refractivity contribution in [2.45, 2.75) is 0 Å². The van der Waals surface area contributed by atoms with Crippen LogP contribution in [0.2, 0.25) is 5.15 Å². The average molecular weight is 250 g/mol. The molecule has 0 aliphatic rings. The number of nitrogens with zero attached hydrogens (tertiary/aromatic N) is 6. The van der Waals surface area contributed by atoms with Gasteiger partial charge in [-0.1, -0.05) is 11.6 Å². The second kappa shape index (κ2) is 3.70. The lowest BCUT2D eigenvalue weighted by molar-refractivity contribution is 0.768. The van der Waals surface area contributed by atoms with E-state index in [1.165, 1.54) is 6.33 Å². The highest BCUT2D eigenvalue weighted by Gasteiger charge is 2.07. The molecule has 1 N–H and O–H groups in total. The van der Waals surface area contributed by atoms with Crippen LogP contribution in [0.4, 0.5) is 11.5 Å². The van der Waals surface area contributed by atoms with E-state index >= 15 is 0 Å². The fourth-order valence-electron chi connectivity index (χ4n) is 1.51. The quantitative estimate of drug-likeness (QED) is 0.692. The molecule has 8 heteroatoms. The van der Waals surface area contributed by atoms with Crippen LogP contribution in [0, 0.1) is 0 Å². The topological polar surface area (TPSA) is 72.9 Å². The van der Waals surface area contributed by atoms with Crippen LogP contribution in [0.15, 0.2) is 24.8 Å². The Bertz CT molecular complexity index is 671. The Morgan fingerprint density at radius 1 is 1.35 bits per heavy atom. The van der Waals surface area contributed by atoms with Gasteiger partial charge >= 0.3 is 0 Å². The van der Waals surface area contributed by atoms with Gasteiger partial charge in [-0.25, -0.2) is 0 Å². The van der Waals surface area contributed by atoms with Crippen LogP contribution in [0.1, 0.15) is 0 Å². The minimum Gasteiger partial charge on any atom is -0.337 e. The van der Waals surface area contributed by atoms with E-state index in [4.69, 9.17) is 11.6 Å². The van der Waals surface area contributed by atoms with Gasteiger partial charge in [0.1, 0.15) is 17.3 Å². The summed E-state index contributed by atoms with van der Waals surface area (Å²) in [6, 6.07) is 1.68. The Balaban J connectivity index is 2.07. The molecule has 0 bridgehead atoms. The summed E-state index contributed by atoms with van der Waals surface area (Å²) in [7, 11) is 1.84. The first-order valence-electron chi connectivity index (χ1n) is 4.84. The standard InChI is InChI=1S/C9H8ClN7/c1-16-4-6(3-12-16)14-8-2-7(10)15-9-11-5-13-17(8)9/h2-5,14H,1H3. The van der Waals surface area contributed by atoms with E-state index in [1.807, 2.05) is 13.2 Å².